The third-order valence-corrected chi connectivity index (χ3v) is 3.34. The van der Waals surface area contributed by atoms with E-state index < -0.39 is 4.92 Å². The number of halogens is 1. The molecule has 2 rings (SSSR count). The van der Waals surface area contributed by atoms with Gasteiger partial charge in [0.15, 0.2) is 0 Å². The summed E-state index contributed by atoms with van der Waals surface area (Å²) < 4.78 is 5.28. The molecule has 1 aromatic carbocycles. The van der Waals surface area contributed by atoms with Gasteiger partial charge in [0.05, 0.1) is 11.2 Å². The fourth-order valence-corrected chi connectivity index (χ4v) is 2.08. The molecular formula is C14H15ClN2O3. The lowest BCUT2D eigenvalue weighted by Gasteiger charge is -2.13. The first-order valence-corrected chi connectivity index (χ1v) is 6.62. The van der Waals surface area contributed by atoms with Crippen LogP contribution in [0.3, 0.4) is 0 Å². The molecule has 1 N–H and O–H groups in total. The number of benzene rings is 1. The van der Waals surface area contributed by atoms with E-state index >= 15 is 0 Å². The minimum Gasteiger partial charge on any atom is -0.469 e. The molecule has 0 amide bonds. The zero-order valence-corrected chi connectivity index (χ0v) is 11.8. The largest absolute Gasteiger partial charge is 0.469 e. The van der Waals surface area contributed by atoms with Crippen LogP contribution in [0.15, 0.2) is 41.0 Å². The zero-order valence-electron chi connectivity index (χ0n) is 11.0. The van der Waals surface area contributed by atoms with Crippen LogP contribution in [0.4, 0.5) is 5.69 Å². The molecule has 0 aliphatic carbocycles. The van der Waals surface area contributed by atoms with Crippen molar-refractivity contribution in [2.75, 3.05) is 0 Å². The second-order valence-corrected chi connectivity index (χ2v) is 5.01. The monoisotopic (exact) mass is 294 g/mol. The predicted molar refractivity (Wildman–Crippen MR) is 76.8 cm³/mol. The molecule has 0 bridgehead atoms. The van der Waals surface area contributed by atoms with Crippen LogP contribution in [0.1, 0.15) is 18.2 Å². The lowest BCUT2D eigenvalue weighted by molar-refractivity contribution is -0.384. The van der Waals surface area contributed by atoms with Gasteiger partial charge in [-0.1, -0.05) is 11.6 Å². The molecule has 0 saturated carbocycles. The average molecular weight is 295 g/mol. The van der Waals surface area contributed by atoms with E-state index in [2.05, 4.69) is 5.32 Å². The third kappa shape index (κ3) is 3.82. The van der Waals surface area contributed by atoms with E-state index in [0.29, 0.717) is 17.1 Å². The maximum Gasteiger partial charge on any atom is 0.269 e. The molecular weight excluding hydrogens is 280 g/mol. The van der Waals surface area contributed by atoms with E-state index in [-0.39, 0.29) is 11.7 Å². The van der Waals surface area contributed by atoms with Gasteiger partial charge in [0.1, 0.15) is 5.76 Å². The summed E-state index contributed by atoms with van der Waals surface area (Å²) in [5.41, 5.74) is 0.761. The van der Waals surface area contributed by atoms with Crippen molar-refractivity contribution in [2.24, 2.45) is 0 Å². The Labute approximate surface area is 121 Å². The standard InChI is InChI=1S/C14H15ClN2O3/c1-10(7-13-3-2-6-20-13)16-9-11-8-12(17(18)19)4-5-14(11)15/h2-6,8,10,16H,7,9H2,1H3. The molecule has 6 heteroatoms. The van der Waals surface area contributed by atoms with Crippen LogP contribution < -0.4 is 5.32 Å². The van der Waals surface area contributed by atoms with Gasteiger partial charge >= 0.3 is 0 Å². The Kier molecular flexibility index (Phi) is 4.76. The normalized spacial score (nSPS) is 12.3. The maximum atomic E-state index is 10.7. The SMILES string of the molecule is CC(Cc1ccco1)NCc1cc([N+](=O)[O-])ccc1Cl. The molecule has 2 aromatic rings. The highest BCUT2D eigenvalue weighted by atomic mass is 35.5. The quantitative estimate of drug-likeness (QED) is 0.653. The first kappa shape index (κ1) is 14.6. The van der Waals surface area contributed by atoms with Crippen molar-refractivity contribution >= 4 is 17.3 Å². The fraction of sp³-hybridized carbons (Fsp3) is 0.286. The molecule has 0 aliphatic rings. The highest BCUT2D eigenvalue weighted by Gasteiger charge is 2.11. The first-order valence-electron chi connectivity index (χ1n) is 6.25. The highest BCUT2D eigenvalue weighted by Crippen LogP contribution is 2.22. The van der Waals surface area contributed by atoms with Gasteiger partial charge < -0.3 is 9.73 Å². The number of nitro groups is 1. The van der Waals surface area contributed by atoms with E-state index in [4.69, 9.17) is 16.0 Å². The predicted octanol–water partition coefficient (Wildman–Crippen LogP) is 3.56. The van der Waals surface area contributed by atoms with Gasteiger partial charge in [-0.05, 0) is 30.7 Å². The molecule has 5 nitrogen and oxygen atoms in total. The Bertz CT molecular complexity index is 584. The summed E-state index contributed by atoms with van der Waals surface area (Å²) in [5.74, 6) is 0.898. The van der Waals surface area contributed by atoms with Gasteiger partial charge in [-0.15, -0.1) is 0 Å². The van der Waals surface area contributed by atoms with Gasteiger partial charge in [-0.25, -0.2) is 0 Å². The van der Waals surface area contributed by atoms with Gasteiger partial charge in [-0.3, -0.25) is 10.1 Å². The minimum atomic E-state index is -0.424. The van der Waals surface area contributed by atoms with Crippen molar-refractivity contribution in [1.82, 2.24) is 5.32 Å². The van der Waals surface area contributed by atoms with Gasteiger partial charge in [-0.2, -0.15) is 0 Å². The summed E-state index contributed by atoms with van der Waals surface area (Å²) in [7, 11) is 0. The van der Waals surface area contributed by atoms with Crippen LogP contribution in [-0.4, -0.2) is 11.0 Å². The van der Waals surface area contributed by atoms with Crippen molar-refractivity contribution in [3.05, 3.63) is 63.1 Å². The number of nitro benzene ring substituents is 1. The molecule has 0 aliphatic heterocycles. The fourth-order valence-electron chi connectivity index (χ4n) is 1.90. The van der Waals surface area contributed by atoms with Crippen LogP contribution in [0, 0.1) is 10.1 Å². The van der Waals surface area contributed by atoms with E-state index in [0.717, 1.165) is 12.2 Å². The van der Waals surface area contributed by atoms with Crippen LogP contribution in [-0.2, 0) is 13.0 Å². The minimum absolute atomic E-state index is 0.0462. The molecule has 1 atom stereocenters. The van der Waals surface area contributed by atoms with E-state index in [1.165, 1.54) is 12.1 Å². The molecule has 1 unspecified atom stereocenters. The second kappa shape index (κ2) is 6.54. The summed E-state index contributed by atoms with van der Waals surface area (Å²) in [4.78, 5) is 10.3. The van der Waals surface area contributed by atoms with Crippen LogP contribution >= 0.6 is 11.6 Å². The second-order valence-electron chi connectivity index (χ2n) is 4.60. The van der Waals surface area contributed by atoms with Crippen molar-refractivity contribution in [1.29, 1.82) is 0 Å². The summed E-state index contributed by atoms with van der Waals surface area (Å²) in [5, 5.41) is 14.5. The Morgan fingerprint density at radius 3 is 2.90 bits per heavy atom. The van der Waals surface area contributed by atoms with Gasteiger partial charge in [0.25, 0.3) is 5.69 Å². The van der Waals surface area contributed by atoms with E-state index in [1.54, 1.807) is 12.3 Å². The number of nitrogens with one attached hydrogen (secondary N) is 1. The Morgan fingerprint density at radius 1 is 1.45 bits per heavy atom. The molecule has 1 heterocycles. The average Bonchev–Trinajstić information content (AvgIpc) is 2.90. The molecule has 20 heavy (non-hydrogen) atoms. The molecule has 0 fully saturated rings. The van der Waals surface area contributed by atoms with Gasteiger partial charge in [0.2, 0.25) is 0 Å². The number of furan rings is 1. The summed E-state index contributed by atoms with van der Waals surface area (Å²) in [6, 6.07) is 8.38. The number of rotatable bonds is 6. The molecule has 106 valence electrons. The van der Waals surface area contributed by atoms with Crippen molar-refractivity contribution in [3.63, 3.8) is 0 Å². The maximum absolute atomic E-state index is 10.7. The highest BCUT2D eigenvalue weighted by molar-refractivity contribution is 6.31. The summed E-state index contributed by atoms with van der Waals surface area (Å²) >= 11 is 6.05. The van der Waals surface area contributed by atoms with E-state index in [9.17, 15) is 10.1 Å². The third-order valence-electron chi connectivity index (χ3n) is 2.97. The number of hydrogen-bond acceptors (Lipinski definition) is 4. The Balaban J connectivity index is 1.96. The van der Waals surface area contributed by atoms with Crippen LogP contribution in [0.25, 0.3) is 0 Å². The van der Waals surface area contributed by atoms with Gasteiger partial charge in [0, 0.05) is 36.2 Å². The smallest absolute Gasteiger partial charge is 0.269 e. The lowest BCUT2D eigenvalue weighted by Crippen LogP contribution is -2.27. The van der Waals surface area contributed by atoms with Crippen molar-refractivity contribution < 1.29 is 9.34 Å². The van der Waals surface area contributed by atoms with Crippen LogP contribution in [0.2, 0.25) is 5.02 Å². The molecule has 0 radical (unpaired) electrons. The summed E-state index contributed by atoms with van der Waals surface area (Å²) in [6.45, 7) is 2.50. The zero-order chi connectivity index (χ0) is 14.5. The Hall–Kier alpha value is -1.85. The molecule has 1 aromatic heterocycles. The van der Waals surface area contributed by atoms with Crippen LogP contribution in [0.5, 0.6) is 0 Å². The molecule has 0 saturated heterocycles. The lowest BCUT2D eigenvalue weighted by atomic mass is 10.1. The van der Waals surface area contributed by atoms with Crippen molar-refractivity contribution in [2.45, 2.75) is 25.9 Å². The van der Waals surface area contributed by atoms with E-state index in [1.807, 2.05) is 19.1 Å². The molecule has 0 spiro atoms. The topological polar surface area (TPSA) is 68.3 Å². The first-order chi connectivity index (χ1) is 9.56. The Morgan fingerprint density at radius 2 is 2.25 bits per heavy atom. The number of nitrogens with zero attached hydrogens (tertiary/aromatic N) is 1. The number of hydrogen-bond donors (Lipinski definition) is 1. The summed E-state index contributed by atoms with van der Waals surface area (Å²) in [6.07, 6.45) is 2.39. The number of non-ortho nitro benzene ring substituents is 1. The van der Waals surface area contributed by atoms with Crippen molar-refractivity contribution in [3.8, 4) is 0 Å².